The number of benzene rings is 1. The summed E-state index contributed by atoms with van der Waals surface area (Å²) in [5.41, 5.74) is 2.01. The quantitative estimate of drug-likeness (QED) is 0.716. The van der Waals surface area contributed by atoms with Crippen molar-refractivity contribution in [2.24, 2.45) is 13.0 Å². The fourth-order valence-electron chi connectivity index (χ4n) is 3.79. The minimum Gasteiger partial charge on any atom is -0.465 e. The number of nitrogens with zero attached hydrogens (tertiary/aromatic N) is 4. The van der Waals surface area contributed by atoms with Gasteiger partial charge in [0.25, 0.3) is 0 Å². The number of hydrogen-bond donors (Lipinski definition) is 1. The number of alkyl halides is 6. The number of halogens is 6. The predicted molar refractivity (Wildman–Crippen MR) is 98.0 cm³/mol. The van der Waals surface area contributed by atoms with Crippen molar-refractivity contribution in [1.82, 2.24) is 19.6 Å². The van der Waals surface area contributed by atoms with Crippen molar-refractivity contribution in [2.75, 3.05) is 19.6 Å². The highest BCUT2D eigenvalue weighted by Crippen LogP contribution is 2.43. The first kappa shape index (κ1) is 22.9. The lowest BCUT2D eigenvalue weighted by Gasteiger charge is -2.44. The smallest absolute Gasteiger partial charge is 0.407 e. The monoisotopic (exact) mass is 450 g/mol. The predicted octanol–water partition coefficient (Wildman–Crippen LogP) is 3.99. The molecular formula is C19H20F6N4O2. The summed E-state index contributed by atoms with van der Waals surface area (Å²) in [7, 11) is 1.63. The van der Waals surface area contributed by atoms with E-state index in [-0.39, 0.29) is 18.0 Å². The highest BCUT2D eigenvalue weighted by Gasteiger charge is 2.62. The fraction of sp³-hybridized carbons (Fsp3) is 0.474. The van der Waals surface area contributed by atoms with Crippen LogP contribution < -0.4 is 0 Å². The molecule has 0 saturated carbocycles. The van der Waals surface area contributed by atoms with Gasteiger partial charge in [0.05, 0.1) is 17.4 Å². The number of amides is 1. The largest absolute Gasteiger partial charge is 0.465 e. The van der Waals surface area contributed by atoms with Crippen LogP contribution in [0.1, 0.15) is 5.69 Å². The first-order valence-electron chi connectivity index (χ1n) is 9.31. The van der Waals surface area contributed by atoms with Gasteiger partial charge >= 0.3 is 18.4 Å². The van der Waals surface area contributed by atoms with Crippen LogP contribution in [-0.4, -0.2) is 68.8 Å². The van der Waals surface area contributed by atoms with E-state index in [9.17, 15) is 36.2 Å². The van der Waals surface area contributed by atoms with Crippen LogP contribution in [0.5, 0.6) is 0 Å². The molecule has 1 amide bonds. The number of aromatic nitrogens is 2. The third-order valence-corrected chi connectivity index (χ3v) is 5.27. The van der Waals surface area contributed by atoms with Gasteiger partial charge in [-0.1, -0.05) is 30.3 Å². The molecule has 3 rings (SSSR count). The summed E-state index contributed by atoms with van der Waals surface area (Å²) >= 11 is 0. The van der Waals surface area contributed by atoms with Crippen LogP contribution in [0.15, 0.2) is 36.4 Å². The van der Waals surface area contributed by atoms with Gasteiger partial charge in [0.1, 0.15) is 0 Å². The van der Waals surface area contributed by atoms with Gasteiger partial charge in [-0.25, -0.2) is 4.79 Å². The Labute approximate surface area is 173 Å². The number of hydrogen-bond acceptors (Lipinski definition) is 3. The Balaban J connectivity index is 1.84. The number of piperazine rings is 1. The highest BCUT2D eigenvalue weighted by atomic mass is 19.4. The lowest BCUT2D eigenvalue weighted by molar-refractivity contribution is -0.300. The molecule has 0 aliphatic carbocycles. The van der Waals surface area contributed by atoms with E-state index >= 15 is 0 Å². The average Bonchev–Trinajstić information content (AvgIpc) is 3.00. The molecule has 1 aliphatic rings. The van der Waals surface area contributed by atoms with E-state index in [2.05, 4.69) is 5.10 Å². The van der Waals surface area contributed by atoms with Crippen LogP contribution in [0.3, 0.4) is 0 Å². The van der Waals surface area contributed by atoms with Gasteiger partial charge in [-0.15, -0.1) is 0 Å². The molecule has 0 radical (unpaired) electrons. The SMILES string of the molecule is Cn1nc(-c2ccccc2)cc1CN1CCN(C(=O)O)C(C(C(F)(F)F)C(F)(F)F)C1. The molecule has 1 aromatic heterocycles. The van der Waals surface area contributed by atoms with E-state index in [0.29, 0.717) is 11.4 Å². The van der Waals surface area contributed by atoms with Crippen molar-refractivity contribution in [1.29, 1.82) is 0 Å². The summed E-state index contributed by atoms with van der Waals surface area (Å²) in [6.07, 6.45) is -13.1. The van der Waals surface area contributed by atoms with E-state index < -0.39 is 43.5 Å². The van der Waals surface area contributed by atoms with Crippen LogP contribution in [-0.2, 0) is 13.6 Å². The zero-order valence-corrected chi connectivity index (χ0v) is 16.4. The number of carbonyl (C=O) groups is 1. The van der Waals surface area contributed by atoms with Gasteiger partial charge < -0.3 is 10.0 Å². The van der Waals surface area contributed by atoms with Crippen molar-refractivity contribution >= 4 is 6.09 Å². The standard InChI is InChI=1S/C19H20F6N4O2/c1-27-13(9-14(26-27)12-5-3-2-4-6-12)10-28-7-8-29(17(30)31)15(11-28)16(18(20,21)22)19(23,24)25/h2-6,9,15-16H,7-8,10-11H2,1H3,(H,30,31). The van der Waals surface area contributed by atoms with Crippen molar-refractivity contribution in [3.05, 3.63) is 42.1 Å². The molecule has 1 atom stereocenters. The minimum absolute atomic E-state index is 0.00289. The summed E-state index contributed by atoms with van der Waals surface area (Å²) in [6.45, 7) is -1.15. The zero-order valence-electron chi connectivity index (χ0n) is 16.4. The average molecular weight is 450 g/mol. The highest BCUT2D eigenvalue weighted by molar-refractivity contribution is 5.65. The third-order valence-electron chi connectivity index (χ3n) is 5.27. The van der Waals surface area contributed by atoms with E-state index in [0.717, 1.165) is 5.56 Å². The summed E-state index contributed by atoms with van der Waals surface area (Å²) < 4.78 is 81.2. The Morgan fingerprint density at radius 1 is 1.13 bits per heavy atom. The molecule has 170 valence electrons. The molecule has 0 bridgehead atoms. The first-order chi connectivity index (χ1) is 14.4. The molecule has 1 saturated heterocycles. The summed E-state index contributed by atoms with van der Waals surface area (Å²) in [5, 5.41) is 13.5. The van der Waals surface area contributed by atoms with Gasteiger partial charge in [0.2, 0.25) is 0 Å². The molecule has 2 heterocycles. The van der Waals surface area contributed by atoms with Gasteiger partial charge in [0, 0.05) is 38.8 Å². The first-order valence-corrected chi connectivity index (χ1v) is 9.31. The Morgan fingerprint density at radius 3 is 2.29 bits per heavy atom. The molecule has 1 aromatic carbocycles. The third kappa shape index (κ3) is 5.12. The lowest BCUT2D eigenvalue weighted by Crippen LogP contribution is -2.62. The van der Waals surface area contributed by atoms with Crippen LogP contribution >= 0.6 is 0 Å². The molecule has 0 spiro atoms. The molecule has 1 N–H and O–H groups in total. The molecule has 12 heteroatoms. The Hall–Kier alpha value is -2.76. The molecule has 1 fully saturated rings. The van der Waals surface area contributed by atoms with Crippen molar-refractivity contribution < 1.29 is 36.2 Å². The van der Waals surface area contributed by atoms with Crippen molar-refractivity contribution in [2.45, 2.75) is 24.9 Å². The molecule has 1 unspecified atom stereocenters. The van der Waals surface area contributed by atoms with E-state index in [1.165, 1.54) is 9.58 Å². The maximum atomic E-state index is 13.3. The van der Waals surface area contributed by atoms with Crippen molar-refractivity contribution in [3.8, 4) is 11.3 Å². The second-order valence-corrected chi connectivity index (χ2v) is 7.35. The normalized spacial score (nSPS) is 18.6. The van der Waals surface area contributed by atoms with Gasteiger partial charge in [0.15, 0.2) is 5.92 Å². The summed E-state index contributed by atoms with van der Waals surface area (Å²) in [6, 6.07) is 8.51. The molecule has 31 heavy (non-hydrogen) atoms. The Morgan fingerprint density at radius 2 is 1.74 bits per heavy atom. The van der Waals surface area contributed by atoms with E-state index in [1.54, 1.807) is 13.1 Å². The maximum Gasteiger partial charge on any atom is 0.407 e. The molecular weight excluding hydrogens is 430 g/mol. The van der Waals surface area contributed by atoms with Crippen LogP contribution in [0, 0.1) is 5.92 Å². The minimum atomic E-state index is -5.63. The molecule has 6 nitrogen and oxygen atoms in total. The van der Waals surface area contributed by atoms with Gasteiger partial charge in [-0.3, -0.25) is 9.58 Å². The number of rotatable bonds is 4. The molecule has 2 aromatic rings. The molecule has 1 aliphatic heterocycles. The van der Waals surface area contributed by atoms with Gasteiger partial charge in [-0.05, 0) is 6.07 Å². The zero-order chi connectivity index (χ0) is 23.0. The number of carboxylic acid groups (broad SMARTS) is 1. The second-order valence-electron chi connectivity index (χ2n) is 7.35. The Kier molecular flexibility index (Phi) is 6.21. The Bertz CT molecular complexity index is 898. The second kappa shape index (κ2) is 8.40. The topological polar surface area (TPSA) is 61.6 Å². The summed E-state index contributed by atoms with van der Waals surface area (Å²) in [4.78, 5) is 13.0. The fourth-order valence-corrected chi connectivity index (χ4v) is 3.79. The van der Waals surface area contributed by atoms with Crippen LogP contribution in [0.4, 0.5) is 31.1 Å². The van der Waals surface area contributed by atoms with Crippen LogP contribution in [0.25, 0.3) is 11.3 Å². The van der Waals surface area contributed by atoms with Crippen molar-refractivity contribution in [3.63, 3.8) is 0 Å². The number of aryl methyl sites for hydroxylation is 1. The van der Waals surface area contributed by atoms with E-state index in [1.807, 2.05) is 30.3 Å². The summed E-state index contributed by atoms with van der Waals surface area (Å²) in [5.74, 6) is -3.77. The van der Waals surface area contributed by atoms with E-state index in [4.69, 9.17) is 0 Å². The lowest BCUT2D eigenvalue weighted by atomic mass is 9.94. The van der Waals surface area contributed by atoms with Gasteiger partial charge in [-0.2, -0.15) is 31.4 Å². The maximum absolute atomic E-state index is 13.3. The van der Waals surface area contributed by atoms with Crippen LogP contribution in [0.2, 0.25) is 0 Å².